The van der Waals surface area contributed by atoms with Gasteiger partial charge < -0.3 is 9.84 Å². The monoisotopic (exact) mass is 398 g/mol. The zero-order valence-corrected chi connectivity index (χ0v) is 16.2. The number of benzene rings is 1. The fourth-order valence-corrected chi connectivity index (χ4v) is 3.31. The van der Waals surface area contributed by atoms with Gasteiger partial charge in [0, 0.05) is 6.42 Å². The molecule has 0 bridgehead atoms. The third-order valence-electron chi connectivity index (χ3n) is 4.47. The maximum absolute atomic E-state index is 11.4. The molecular weight excluding hydrogens is 375 g/mol. The number of esters is 1. The minimum Gasteiger partial charge on any atom is -0.511 e. The smallest absolute Gasteiger partial charge is 0.345 e. The van der Waals surface area contributed by atoms with Crippen LogP contribution in [-0.2, 0) is 20.7 Å². The minimum atomic E-state index is -0.700. The van der Waals surface area contributed by atoms with Gasteiger partial charge in [0.1, 0.15) is 11.3 Å². The van der Waals surface area contributed by atoms with Crippen LogP contribution in [0.2, 0.25) is 10.0 Å². The fourth-order valence-electron chi connectivity index (χ4n) is 2.99. The summed E-state index contributed by atoms with van der Waals surface area (Å²) in [6, 6.07) is 5.78. The van der Waals surface area contributed by atoms with Crippen LogP contribution in [-0.4, -0.2) is 23.5 Å². The van der Waals surface area contributed by atoms with Gasteiger partial charge in [0.25, 0.3) is 0 Å². The third kappa shape index (κ3) is 6.33. The van der Waals surface area contributed by atoms with E-state index in [0.717, 1.165) is 44.9 Å². The van der Waals surface area contributed by atoms with Crippen LogP contribution in [0.15, 0.2) is 29.5 Å². The van der Waals surface area contributed by atoms with Crippen LogP contribution >= 0.6 is 23.2 Å². The number of aliphatic hydroxyl groups is 1. The number of aliphatic hydroxyl groups excluding tert-OH is 1. The molecule has 0 aliphatic carbocycles. The first-order chi connectivity index (χ1) is 12.5. The zero-order valence-electron chi connectivity index (χ0n) is 14.7. The molecule has 26 heavy (non-hydrogen) atoms. The fraction of sp³-hybridized carbons (Fsp3) is 0.500. The van der Waals surface area contributed by atoms with Crippen molar-refractivity contribution in [2.75, 3.05) is 6.61 Å². The number of hydrogen-bond acceptors (Lipinski definition) is 4. The van der Waals surface area contributed by atoms with Crippen LogP contribution in [0.1, 0.15) is 56.9 Å². The summed E-state index contributed by atoms with van der Waals surface area (Å²) in [6.45, 7) is -0.250. The highest BCUT2D eigenvalue weighted by Gasteiger charge is 2.31. The molecule has 1 aromatic rings. The Balaban J connectivity index is 1.52. The van der Waals surface area contributed by atoms with Gasteiger partial charge in [0.15, 0.2) is 6.61 Å². The van der Waals surface area contributed by atoms with Gasteiger partial charge in [-0.1, -0.05) is 61.4 Å². The van der Waals surface area contributed by atoms with Gasteiger partial charge in [-0.15, -0.1) is 0 Å². The van der Waals surface area contributed by atoms with Crippen LogP contribution in [0.5, 0.6) is 0 Å². The molecule has 4 nitrogen and oxygen atoms in total. The summed E-state index contributed by atoms with van der Waals surface area (Å²) in [7, 11) is 0. The number of ketones is 1. The van der Waals surface area contributed by atoms with E-state index in [2.05, 4.69) is 4.74 Å². The predicted molar refractivity (Wildman–Crippen MR) is 103 cm³/mol. The van der Waals surface area contributed by atoms with Gasteiger partial charge in [0.2, 0.25) is 5.78 Å². The molecule has 0 amide bonds. The number of Topliss-reactive ketones (excluding diaryl/α,β-unsaturated/α-hetero) is 1. The zero-order chi connectivity index (χ0) is 18.9. The largest absolute Gasteiger partial charge is 0.511 e. The minimum absolute atomic E-state index is 0.126. The number of carbonyl (C=O) groups excluding carboxylic acids is 2. The summed E-state index contributed by atoms with van der Waals surface area (Å²) in [5.41, 5.74) is 1.05. The normalized spacial score (nSPS) is 16.1. The van der Waals surface area contributed by atoms with Crippen LogP contribution in [0.3, 0.4) is 0 Å². The Bertz CT molecular complexity index is 664. The van der Waals surface area contributed by atoms with Crippen molar-refractivity contribution in [1.29, 1.82) is 0 Å². The summed E-state index contributed by atoms with van der Waals surface area (Å²) < 4.78 is 4.61. The molecule has 0 unspecified atom stereocenters. The van der Waals surface area contributed by atoms with Crippen molar-refractivity contribution >= 4 is 35.0 Å². The van der Waals surface area contributed by atoms with E-state index in [1.807, 2.05) is 18.2 Å². The van der Waals surface area contributed by atoms with Crippen molar-refractivity contribution in [3.8, 4) is 0 Å². The number of cyclic esters (lactones) is 1. The van der Waals surface area contributed by atoms with Crippen LogP contribution in [0.4, 0.5) is 0 Å². The maximum atomic E-state index is 11.4. The molecule has 1 aromatic carbocycles. The SMILES string of the molecule is O=C1COC(=O)/C1=C(/O)CCCCCCCCCc1ccc(Cl)c(Cl)c1. The van der Waals surface area contributed by atoms with E-state index in [9.17, 15) is 14.7 Å². The van der Waals surface area contributed by atoms with Gasteiger partial charge in [0.05, 0.1) is 10.0 Å². The molecular formula is C20H24Cl2O4. The molecule has 1 N–H and O–H groups in total. The van der Waals surface area contributed by atoms with Crippen molar-refractivity contribution in [3.05, 3.63) is 45.1 Å². The van der Waals surface area contributed by atoms with E-state index in [1.165, 1.54) is 12.0 Å². The molecule has 0 spiro atoms. The first-order valence-electron chi connectivity index (χ1n) is 9.05. The number of hydrogen-bond donors (Lipinski definition) is 1. The van der Waals surface area contributed by atoms with Crippen molar-refractivity contribution in [3.63, 3.8) is 0 Å². The average molecular weight is 399 g/mol. The molecule has 0 atom stereocenters. The van der Waals surface area contributed by atoms with Gasteiger partial charge in [-0.2, -0.15) is 0 Å². The molecule has 142 valence electrons. The summed E-state index contributed by atoms with van der Waals surface area (Å²) in [4.78, 5) is 22.7. The molecule has 1 saturated heterocycles. The molecule has 6 heteroatoms. The molecule has 1 heterocycles. The van der Waals surface area contributed by atoms with E-state index >= 15 is 0 Å². The Morgan fingerprint density at radius 1 is 0.962 bits per heavy atom. The number of aryl methyl sites for hydroxylation is 1. The number of unbranched alkanes of at least 4 members (excludes halogenated alkanes) is 6. The Morgan fingerprint density at radius 3 is 2.23 bits per heavy atom. The van der Waals surface area contributed by atoms with Gasteiger partial charge in [-0.25, -0.2) is 4.79 Å². The van der Waals surface area contributed by atoms with Gasteiger partial charge >= 0.3 is 5.97 Å². The lowest BCUT2D eigenvalue weighted by atomic mass is 10.0. The van der Waals surface area contributed by atoms with E-state index in [0.29, 0.717) is 16.5 Å². The first-order valence-corrected chi connectivity index (χ1v) is 9.81. The summed E-state index contributed by atoms with van der Waals surface area (Å²) in [5.74, 6) is -1.25. The topological polar surface area (TPSA) is 63.6 Å². The number of ether oxygens (including phenoxy) is 1. The van der Waals surface area contributed by atoms with Crippen molar-refractivity contribution < 1.29 is 19.4 Å². The molecule has 1 aliphatic rings. The predicted octanol–water partition coefficient (Wildman–Crippen LogP) is 5.59. The highest BCUT2D eigenvalue weighted by atomic mass is 35.5. The standard InChI is InChI=1S/C20H24Cl2O4/c21-15-11-10-14(12-16(15)22)8-6-4-2-1-3-5-7-9-17(23)19-18(24)13-26-20(19)25/h10-12,23H,1-9,13H2/b19-17+. The van der Waals surface area contributed by atoms with E-state index in [1.54, 1.807) is 0 Å². The van der Waals surface area contributed by atoms with Crippen molar-refractivity contribution in [2.24, 2.45) is 0 Å². The van der Waals surface area contributed by atoms with E-state index in [4.69, 9.17) is 23.2 Å². The Morgan fingerprint density at radius 2 is 1.62 bits per heavy atom. The second-order valence-electron chi connectivity index (χ2n) is 6.54. The first kappa shape index (κ1) is 20.8. The van der Waals surface area contributed by atoms with Crippen molar-refractivity contribution in [1.82, 2.24) is 0 Å². The number of allylic oxidation sites excluding steroid dienone is 1. The number of halogens is 2. The second-order valence-corrected chi connectivity index (χ2v) is 7.36. The molecule has 0 aromatic heterocycles. The molecule has 2 rings (SSSR count). The van der Waals surface area contributed by atoms with E-state index < -0.39 is 11.8 Å². The Hall–Kier alpha value is -1.52. The molecule has 1 aliphatic heterocycles. The second kappa shape index (κ2) is 10.6. The van der Waals surface area contributed by atoms with Crippen LogP contribution in [0.25, 0.3) is 0 Å². The highest BCUT2D eigenvalue weighted by Crippen LogP contribution is 2.23. The van der Waals surface area contributed by atoms with Gasteiger partial charge in [-0.3, -0.25) is 4.79 Å². The van der Waals surface area contributed by atoms with E-state index in [-0.39, 0.29) is 17.9 Å². The Labute approximate surface area is 164 Å². The highest BCUT2D eigenvalue weighted by molar-refractivity contribution is 6.42. The van der Waals surface area contributed by atoms with Gasteiger partial charge in [-0.05, 0) is 37.0 Å². The lowest BCUT2D eigenvalue weighted by Crippen LogP contribution is -2.05. The summed E-state index contributed by atoms with van der Waals surface area (Å²) in [5, 5.41) is 11.0. The summed E-state index contributed by atoms with van der Waals surface area (Å²) >= 11 is 11.9. The lowest BCUT2D eigenvalue weighted by Gasteiger charge is -2.05. The lowest BCUT2D eigenvalue weighted by molar-refractivity contribution is -0.135. The number of rotatable bonds is 10. The quantitative estimate of drug-likeness (QED) is 0.183. The molecule has 0 radical (unpaired) electrons. The molecule has 1 fully saturated rings. The molecule has 0 saturated carbocycles. The third-order valence-corrected chi connectivity index (χ3v) is 5.21. The van der Waals surface area contributed by atoms with Crippen LogP contribution in [0, 0.1) is 0 Å². The van der Waals surface area contributed by atoms with Crippen molar-refractivity contribution in [2.45, 2.75) is 57.8 Å². The average Bonchev–Trinajstić information content (AvgIpc) is 2.95. The maximum Gasteiger partial charge on any atom is 0.345 e. The number of carbonyl (C=O) groups is 2. The Kier molecular flexibility index (Phi) is 8.46. The van der Waals surface area contributed by atoms with Crippen LogP contribution < -0.4 is 0 Å². The summed E-state index contributed by atoms with van der Waals surface area (Å²) in [6.07, 6.45) is 8.75.